The summed E-state index contributed by atoms with van der Waals surface area (Å²) < 4.78 is 47.5. The Kier molecular flexibility index (Phi) is 6.40. The molecule has 8 nitrogen and oxygen atoms in total. The van der Waals surface area contributed by atoms with Gasteiger partial charge in [0.1, 0.15) is 0 Å². The van der Waals surface area contributed by atoms with Gasteiger partial charge in [0, 0.05) is 20.6 Å². The van der Waals surface area contributed by atoms with E-state index in [0.717, 1.165) is 0 Å². The molecule has 1 aliphatic rings. The third-order valence-electron chi connectivity index (χ3n) is 3.51. The first-order chi connectivity index (χ1) is 10.4. The predicted octanol–water partition coefficient (Wildman–Crippen LogP) is 4.80. The van der Waals surface area contributed by atoms with E-state index in [0.29, 0.717) is 0 Å². The Hall–Kier alpha value is -0.100. The molecule has 0 spiro atoms. The molecule has 0 amide bonds. The largest absolute Gasteiger partial charge is 0.360 e. The summed E-state index contributed by atoms with van der Waals surface area (Å²) in [6, 6.07) is 0. The molecule has 0 radical (unpaired) electrons. The van der Waals surface area contributed by atoms with E-state index in [1.165, 1.54) is 14.2 Å². The molecule has 0 aliphatic carbocycles. The molecule has 0 N–H and O–H groups in total. The van der Waals surface area contributed by atoms with Crippen molar-refractivity contribution < 1.29 is 27.2 Å². The highest BCUT2D eigenvalue weighted by Crippen LogP contribution is 2.72. The lowest BCUT2D eigenvalue weighted by molar-refractivity contribution is 0.126. The van der Waals surface area contributed by atoms with Gasteiger partial charge in [-0.2, -0.15) is 10.2 Å². The van der Waals surface area contributed by atoms with Gasteiger partial charge in [0.25, 0.3) is 0 Å². The van der Waals surface area contributed by atoms with Crippen molar-refractivity contribution in [2.45, 2.75) is 70.7 Å². The second-order valence-corrected chi connectivity index (χ2v) is 11.5. The third kappa shape index (κ3) is 3.94. The zero-order valence-corrected chi connectivity index (χ0v) is 16.9. The van der Waals surface area contributed by atoms with Crippen LogP contribution in [0.2, 0.25) is 0 Å². The summed E-state index contributed by atoms with van der Waals surface area (Å²) in [6.07, 6.45) is -0.583. The van der Waals surface area contributed by atoms with Crippen molar-refractivity contribution in [2.75, 3.05) is 14.2 Å². The van der Waals surface area contributed by atoms with E-state index in [9.17, 15) is 9.13 Å². The lowest BCUT2D eigenvalue weighted by Crippen LogP contribution is -2.32. The molecule has 0 aromatic rings. The van der Waals surface area contributed by atoms with E-state index >= 15 is 0 Å². The maximum Gasteiger partial charge on any atom is 0.360 e. The molecule has 1 rings (SSSR count). The minimum absolute atomic E-state index is 0.0652. The summed E-state index contributed by atoms with van der Waals surface area (Å²) in [5.74, 6) is 0. The van der Waals surface area contributed by atoms with Crippen LogP contribution in [0.25, 0.3) is 0 Å². The Morgan fingerprint density at radius 3 is 1.48 bits per heavy atom. The van der Waals surface area contributed by atoms with Gasteiger partial charge in [0.15, 0.2) is 10.6 Å². The molecule has 0 aromatic heterocycles. The molecule has 0 aromatic carbocycles. The van der Waals surface area contributed by atoms with Crippen molar-refractivity contribution in [3.8, 4) is 0 Å². The maximum absolute atomic E-state index is 13.4. The summed E-state index contributed by atoms with van der Waals surface area (Å²) >= 11 is 0. The van der Waals surface area contributed by atoms with Crippen LogP contribution in [-0.4, -0.2) is 37.0 Å². The third-order valence-corrected chi connectivity index (χ3v) is 8.73. The van der Waals surface area contributed by atoms with Crippen molar-refractivity contribution in [3.63, 3.8) is 0 Å². The molecule has 1 heterocycles. The van der Waals surface area contributed by atoms with Crippen LogP contribution in [0.3, 0.4) is 0 Å². The first-order valence-electron chi connectivity index (χ1n) is 7.49. The van der Waals surface area contributed by atoms with E-state index in [-0.39, 0.29) is 18.6 Å². The van der Waals surface area contributed by atoms with Crippen LogP contribution in [0.5, 0.6) is 0 Å². The molecule has 2 atom stereocenters. The first-order valence-corrected chi connectivity index (χ1v) is 10.6. The van der Waals surface area contributed by atoms with Gasteiger partial charge in [0.05, 0.1) is 12.2 Å². The zero-order chi connectivity index (χ0) is 18.1. The predicted molar refractivity (Wildman–Crippen MR) is 88.0 cm³/mol. The van der Waals surface area contributed by atoms with Crippen LogP contribution < -0.4 is 0 Å². The molecule has 0 fully saturated rings. The van der Waals surface area contributed by atoms with Crippen LogP contribution in [0.15, 0.2) is 10.2 Å². The van der Waals surface area contributed by atoms with E-state index in [1.54, 1.807) is 41.5 Å². The quantitative estimate of drug-likeness (QED) is 0.569. The van der Waals surface area contributed by atoms with Crippen LogP contribution >= 0.6 is 15.2 Å². The van der Waals surface area contributed by atoms with Gasteiger partial charge in [-0.05, 0) is 41.5 Å². The van der Waals surface area contributed by atoms with Gasteiger partial charge >= 0.3 is 15.2 Å². The average Bonchev–Trinajstić information content (AvgIpc) is 2.75. The van der Waals surface area contributed by atoms with Gasteiger partial charge < -0.3 is 18.1 Å². The van der Waals surface area contributed by atoms with Crippen molar-refractivity contribution in [1.29, 1.82) is 0 Å². The second kappa shape index (κ2) is 7.03. The number of hydrogen-bond acceptors (Lipinski definition) is 8. The maximum atomic E-state index is 13.4. The van der Waals surface area contributed by atoms with E-state index < -0.39 is 25.8 Å². The molecule has 1 aliphatic heterocycles. The van der Waals surface area contributed by atoms with Gasteiger partial charge in [-0.25, -0.2) is 0 Å². The summed E-state index contributed by atoms with van der Waals surface area (Å²) in [7, 11) is -4.63. The molecule has 0 saturated heterocycles. The Bertz CT molecular complexity index is 531. The van der Waals surface area contributed by atoms with Crippen LogP contribution in [0.1, 0.15) is 48.0 Å². The van der Waals surface area contributed by atoms with Crippen molar-refractivity contribution >= 4 is 15.2 Å². The zero-order valence-electron chi connectivity index (χ0n) is 15.1. The van der Waals surface area contributed by atoms with E-state index in [1.807, 2.05) is 0 Å². The van der Waals surface area contributed by atoms with Crippen molar-refractivity contribution in [1.82, 2.24) is 0 Å². The molecule has 0 unspecified atom stereocenters. The Labute approximate surface area is 138 Å². The van der Waals surface area contributed by atoms with Crippen LogP contribution in [0.4, 0.5) is 0 Å². The fourth-order valence-electron chi connectivity index (χ4n) is 2.50. The lowest BCUT2D eigenvalue weighted by atomic mass is 10.1. The van der Waals surface area contributed by atoms with Gasteiger partial charge in [-0.15, -0.1) is 0 Å². The molecule has 23 heavy (non-hydrogen) atoms. The summed E-state index contributed by atoms with van der Waals surface area (Å²) in [4.78, 5) is 0. The summed E-state index contributed by atoms with van der Waals surface area (Å²) in [5.41, 5.74) is 0. The first kappa shape index (κ1) is 20.9. The molecule has 0 bridgehead atoms. The highest BCUT2D eigenvalue weighted by Gasteiger charge is 2.62. The second-order valence-electron chi connectivity index (χ2n) is 6.48. The number of hydrogen-bond donors (Lipinski definition) is 0. The molecular weight excluding hydrogens is 342 g/mol. The Morgan fingerprint density at radius 1 is 0.826 bits per heavy atom. The molecule has 0 saturated carbocycles. The number of rotatable bonds is 8. The fraction of sp³-hybridized carbons (Fsp3) is 1.00. The standard InChI is InChI=1S/C13H28N2O6P2/c1-10(2)20-23(17,21-11(3)4)13(6)9-12(5,14-15-13)22(16,18-7)19-8/h10-11H,9H2,1-8H3/t12-,13-/m1/s1. The molecule has 10 heteroatoms. The Balaban J connectivity index is 3.24. The fourth-order valence-corrected chi connectivity index (χ4v) is 6.48. The monoisotopic (exact) mass is 370 g/mol. The van der Waals surface area contributed by atoms with Crippen LogP contribution in [0, 0.1) is 0 Å². The van der Waals surface area contributed by atoms with Gasteiger partial charge in [-0.3, -0.25) is 9.13 Å². The number of azo groups is 1. The SMILES string of the molecule is COP(=O)(OC)[C@]1(C)C[C@@](C)(P(=O)(OC(C)C)OC(C)C)N=N1. The van der Waals surface area contributed by atoms with Crippen LogP contribution in [-0.2, 0) is 27.2 Å². The highest BCUT2D eigenvalue weighted by atomic mass is 31.2. The van der Waals surface area contributed by atoms with Gasteiger partial charge in [-0.1, -0.05) is 0 Å². The summed E-state index contributed by atoms with van der Waals surface area (Å²) in [6.45, 7) is 10.3. The van der Waals surface area contributed by atoms with Crippen molar-refractivity contribution in [3.05, 3.63) is 0 Å². The number of nitrogens with zero attached hydrogens (tertiary/aromatic N) is 2. The normalized spacial score (nSPS) is 29.0. The lowest BCUT2D eigenvalue weighted by Gasteiger charge is -2.34. The smallest absolute Gasteiger partial charge is 0.310 e. The minimum atomic E-state index is -3.65. The topological polar surface area (TPSA) is 95.8 Å². The molecular formula is C13H28N2O6P2. The van der Waals surface area contributed by atoms with E-state index in [2.05, 4.69) is 10.2 Å². The van der Waals surface area contributed by atoms with Crippen molar-refractivity contribution in [2.24, 2.45) is 10.2 Å². The average molecular weight is 370 g/mol. The minimum Gasteiger partial charge on any atom is -0.310 e. The highest BCUT2D eigenvalue weighted by molar-refractivity contribution is 7.57. The molecule has 136 valence electrons. The summed E-state index contributed by atoms with van der Waals surface area (Å²) in [5, 5.41) is 5.73. The van der Waals surface area contributed by atoms with Gasteiger partial charge in [0.2, 0.25) is 0 Å². The van der Waals surface area contributed by atoms with E-state index in [4.69, 9.17) is 18.1 Å². The Morgan fingerprint density at radius 2 is 1.17 bits per heavy atom.